The highest BCUT2D eigenvalue weighted by atomic mass is 35.5. The molecule has 0 bridgehead atoms. The van der Waals surface area contributed by atoms with Crippen molar-refractivity contribution in [3.05, 3.63) is 39.5 Å². The van der Waals surface area contributed by atoms with Crippen LogP contribution in [-0.4, -0.2) is 44.0 Å². The second-order valence-corrected chi connectivity index (χ2v) is 8.30. The summed E-state index contributed by atoms with van der Waals surface area (Å²) < 4.78 is 11.4. The molecular formula is C20H23ClN2O4S. The van der Waals surface area contributed by atoms with Crippen molar-refractivity contribution in [3.8, 4) is 11.5 Å². The number of nitrogens with zero attached hydrogens (tertiary/aromatic N) is 2. The van der Waals surface area contributed by atoms with Gasteiger partial charge in [-0.25, -0.2) is 0 Å². The molecule has 2 heterocycles. The monoisotopic (exact) mass is 422 g/mol. The maximum absolute atomic E-state index is 13.1. The molecular weight excluding hydrogens is 400 g/mol. The fraction of sp³-hybridized carbons (Fsp3) is 0.400. The van der Waals surface area contributed by atoms with Gasteiger partial charge >= 0.3 is 0 Å². The van der Waals surface area contributed by atoms with E-state index in [1.54, 1.807) is 42.2 Å². The van der Waals surface area contributed by atoms with Gasteiger partial charge in [-0.3, -0.25) is 9.59 Å². The average molecular weight is 423 g/mol. The molecule has 1 saturated heterocycles. The largest absolute Gasteiger partial charge is 0.497 e. The molecule has 1 aromatic carbocycles. The highest BCUT2D eigenvalue weighted by Gasteiger charge is 2.38. The molecule has 1 aromatic heterocycles. The van der Waals surface area contributed by atoms with Gasteiger partial charge in [0.25, 0.3) is 0 Å². The van der Waals surface area contributed by atoms with Crippen molar-refractivity contribution in [2.75, 3.05) is 32.2 Å². The van der Waals surface area contributed by atoms with Gasteiger partial charge in [0.05, 0.1) is 36.7 Å². The summed E-state index contributed by atoms with van der Waals surface area (Å²) in [6.45, 7) is 3.33. The summed E-state index contributed by atoms with van der Waals surface area (Å²) in [7, 11) is 3.12. The SMILES string of the molecule is CCN(Cc1ccc(Cl)s1)C(=O)C1CC(=O)N(c2cc(OC)ccc2OC)C1. The lowest BCUT2D eigenvalue weighted by atomic mass is 10.1. The summed E-state index contributed by atoms with van der Waals surface area (Å²) in [5, 5.41) is 0. The minimum atomic E-state index is -0.390. The number of thiophene rings is 1. The van der Waals surface area contributed by atoms with Gasteiger partial charge in [-0.1, -0.05) is 11.6 Å². The number of amides is 2. The topological polar surface area (TPSA) is 59.1 Å². The highest BCUT2D eigenvalue weighted by molar-refractivity contribution is 7.16. The van der Waals surface area contributed by atoms with Crippen molar-refractivity contribution >= 4 is 40.4 Å². The molecule has 2 amide bonds. The lowest BCUT2D eigenvalue weighted by Crippen LogP contribution is -2.36. The number of carbonyl (C=O) groups excluding carboxylic acids is 2. The molecule has 2 aromatic rings. The highest BCUT2D eigenvalue weighted by Crippen LogP contribution is 2.36. The third-order valence-electron chi connectivity index (χ3n) is 4.82. The smallest absolute Gasteiger partial charge is 0.228 e. The Hall–Kier alpha value is -2.25. The van der Waals surface area contributed by atoms with Crippen molar-refractivity contribution in [1.82, 2.24) is 4.90 Å². The minimum absolute atomic E-state index is 0.0234. The molecule has 1 aliphatic rings. The van der Waals surface area contributed by atoms with Crippen molar-refractivity contribution in [2.24, 2.45) is 5.92 Å². The molecule has 150 valence electrons. The summed E-state index contributed by atoms with van der Waals surface area (Å²) in [6.07, 6.45) is 0.181. The standard InChI is InChI=1S/C20H23ClN2O4S/c1-4-22(12-15-6-8-18(21)28-15)20(25)13-9-19(24)23(11-13)16-10-14(26-2)5-7-17(16)27-3/h5-8,10,13H,4,9,11-12H2,1-3H3. The maximum Gasteiger partial charge on any atom is 0.228 e. The molecule has 8 heteroatoms. The Labute approximate surface area is 173 Å². The van der Waals surface area contributed by atoms with E-state index in [0.717, 1.165) is 4.88 Å². The van der Waals surface area contributed by atoms with Crippen LogP contribution < -0.4 is 14.4 Å². The van der Waals surface area contributed by atoms with Crippen LogP contribution in [0.3, 0.4) is 0 Å². The van der Waals surface area contributed by atoms with Crippen LogP contribution in [0, 0.1) is 5.92 Å². The van der Waals surface area contributed by atoms with E-state index in [9.17, 15) is 9.59 Å². The number of rotatable bonds is 7. The van der Waals surface area contributed by atoms with Crippen molar-refractivity contribution in [2.45, 2.75) is 19.9 Å². The fourth-order valence-electron chi connectivity index (χ4n) is 3.34. The molecule has 1 unspecified atom stereocenters. The fourth-order valence-corrected chi connectivity index (χ4v) is 4.45. The first-order valence-electron chi connectivity index (χ1n) is 9.02. The van der Waals surface area contributed by atoms with Gasteiger partial charge in [0.2, 0.25) is 11.8 Å². The number of hydrogen-bond acceptors (Lipinski definition) is 5. The Kier molecular flexibility index (Phi) is 6.46. The average Bonchev–Trinajstić information content (AvgIpc) is 3.30. The van der Waals surface area contributed by atoms with Gasteiger partial charge < -0.3 is 19.3 Å². The number of methoxy groups -OCH3 is 2. The van der Waals surface area contributed by atoms with Gasteiger partial charge in [-0.2, -0.15) is 0 Å². The molecule has 0 saturated carbocycles. The molecule has 0 spiro atoms. The predicted octanol–water partition coefficient (Wildman–Crippen LogP) is 3.82. The number of anilines is 1. The van der Waals surface area contributed by atoms with Crippen LogP contribution in [0.1, 0.15) is 18.2 Å². The number of halogens is 1. The van der Waals surface area contributed by atoms with Crippen molar-refractivity contribution in [3.63, 3.8) is 0 Å². The zero-order valence-electron chi connectivity index (χ0n) is 16.1. The number of benzene rings is 1. The zero-order valence-corrected chi connectivity index (χ0v) is 17.7. The van der Waals surface area contributed by atoms with E-state index in [1.165, 1.54) is 11.3 Å². The lowest BCUT2D eigenvalue weighted by Gasteiger charge is -2.24. The first kappa shape index (κ1) is 20.5. The second-order valence-electron chi connectivity index (χ2n) is 6.50. The van der Waals surface area contributed by atoms with Gasteiger partial charge in [-0.05, 0) is 31.2 Å². The summed E-state index contributed by atoms with van der Waals surface area (Å²) >= 11 is 7.46. The summed E-state index contributed by atoms with van der Waals surface area (Å²) in [4.78, 5) is 30.1. The molecule has 28 heavy (non-hydrogen) atoms. The first-order valence-corrected chi connectivity index (χ1v) is 10.2. The first-order chi connectivity index (χ1) is 13.5. The molecule has 1 atom stereocenters. The van der Waals surface area contributed by atoms with Crippen molar-refractivity contribution in [1.29, 1.82) is 0 Å². The van der Waals surface area contributed by atoms with Crippen LogP contribution in [0.2, 0.25) is 4.34 Å². The number of ether oxygens (including phenoxy) is 2. The maximum atomic E-state index is 13.1. The van der Waals surface area contributed by atoms with Crippen LogP contribution in [0.5, 0.6) is 11.5 Å². The van der Waals surface area contributed by atoms with Crippen LogP contribution >= 0.6 is 22.9 Å². The Morgan fingerprint density at radius 3 is 2.68 bits per heavy atom. The molecule has 0 aliphatic carbocycles. The Bertz CT molecular complexity index is 870. The molecule has 6 nitrogen and oxygen atoms in total. The summed E-state index contributed by atoms with van der Waals surface area (Å²) in [6, 6.07) is 9.05. The number of carbonyl (C=O) groups is 2. The molecule has 0 radical (unpaired) electrons. The van der Waals surface area contributed by atoms with E-state index in [1.807, 2.05) is 19.1 Å². The molecule has 1 aliphatic heterocycles. The van der Waals surface area contributed by atoms with E-state index in [0.29, 0.717) is 41.2 Å². The van der Waals surface area contributed by atoms with E-state index in [2.05, 4.69) is 0 Å². The van der Waals surface area contributed by atoms with Crippen molar-refractivity contribution < 1.29 is 19.1 Å². The van der Waals surface area contributed by atoms with Gasteiger partial charge in [0, 0.05) is 30.5 Å². The zero-order chi connectivity index (χ0) is 20.3. The van der Waals surface area contributed by atoms with Gasteiger partial charge in [-0.15, -0.1) is 11.3 Å². The second kappa shape index (κ2) is 8.84. The lowest BCUT2D eigenvalue weighted by molar-refractivity contribution is -0.136. The minimum Gasteiger partial charge on any atom is -0.497 e. The molecule has 0 N–H and O–H groups in total. The normalized spacial score (nSPS) is 16.4. The Balaban J connectivity index is 1.77. The molecule has 1 fully saturated rings. The van der Waals surface area contributed by atoms with Crippen LogP contribution in [0.15, 0.2) is 30.3 Å². The Morgan fingerprint density at radius 2 is 2.07 bits per heavy atom. The summed E-state index contributed by atoms with van der Waals surface area (Å²) in [5.74, 6) is 0.689. The quantitative estimate of drug-likeness (QED) is 0.680. The molecule has 3 rings (SSSR count). The van der Waals surface area contributed by atoms with Gasteiger partial charge in [0.15, 0.2) is 0 Å². The third kappa shape index (κ3) is 4.25. The van der Waals surface area contributed by atoms with Crippen LogP contribution in [-0.2, 0) is 16.1 Å². The van der Waals surface area contributed by atoms with Gasteiger partial charge in [0.1, 0.15) is 11.5 Å². The number of hydrogen-bond donors (Lipinski definition) is 0. The Morgan fingerprint density at radius 1 is 1.29 bits per heavy atom. The van der Waals surface area contributed by atoms with E-state index in [4.69, 9.17) is 21.1 Å². The summed E-state index contributed by atoms with van der Waals surface area (Å²) in [5.41, 5.74) is 0.621. The van der Waals surface area contributed by atoms with E-state index >= 15 is 0 Å². The predicted molar refractivity (Wildman–Crippen MR) is 110 cm³/mol. The third-order valence-corrected chi connectivity index (χ3v) is 6.04. The van der Waals surface area contributed by atoms with E-state index < -0.39 is 5.92 Å². The van der Waals surface area contributed by atoms with E-state index in [-0.39, 0.29) is 18.2 Å². The van der Waals surface area contributed by atoms with Crippen LogP contribution in [0.25, 0.3) is 0 Å². The van der Waals surface area contributed by atoms with Crippen LogP contribution in [0.4, 0.5) is 5.69 Å².